The van der Waals surface area contributed by atoms with Crippen molar-refractivity contribution in [3.63, 3.8) is 0 Å². The first-order chi connectivity index (χ1) is 10.5. The van der Waals surface area contributed by atoms with E-state index in [-0.39, 0.29) is 22.7 Å². The number of hydrogen-bond donors (Lipinski definition) is 2. The molecule has 1 aliphatic heterocycles. The Kier molecular flexibility index (Phi) is 3.92. The number of aromatic amines is 1. The number of aliphatic hydroxyl groups is 1. The molecule has 0 aliphatic carbocycles. The van der Waals surface area contributed by atoms with Crippen molar-refractivity contribution < 1.29 is 14.6 Å². The number of fused-ring (bicyclic) bond motifs is 3. The number of aromatic nitrogens is 2. The van der Waals surface area contributed by atoms with Crippen molar-refractivity contribution in [1.82, 2.24) is 14.9 Å². The van der Waals surface area contributed by atoms with Gasteiger partial charge < -0.3 is 19.7 Å². The second-order valence-corrected chi connectivity index (χ2v) is 6.08. The van der Waals surface area contributed by atoms with Crippen molar-refractivity contribution in [2.45, 2.75) is 19.4 Å². The second kappa shape index (κ2) is 5.61. The van der Waals surface area contributed by atoms with Crippen LogP contribution in [0.15, 0.2) is 0 Å². The topological polar surface area (TPSA) is 78.5 Å². The van der Waals surface area contributed by atoms with Crippen molar-refractivity contribution >= 4 is 40.1 Å². The first-order valence-corrected chi connectivity index (χ1v) is 7.55. The lowest BCUT2D eigenvalue weighted by molar-refractivity contribution is -0.135. The normalized spacial score (nSPS) is 17.7. The van der Waals surface area contributed by atoms with E-state index < -0.39 is 6.61 Å². The van der Waals surface area contributed by atoms with Gasteiger partial charge >= 0.3 is 0 Å². The van der Waals surface area contributed by atoms with Crippen LogP contribution in [0.3, 0.4) is 0 Å². The fourth-order valence-corrected chi connectivity index (χ4v) is 3.30. The number of halogens is 2. The maximum atomic E-state index is 11.8. The van der Waals surface area contributed by atoms with Gasteiger partial charge in [-0.2, -0.15) is 0 Å². The van der Waals surface area contributed by atoms with E-state index in [2.05, 4.69) is 9.97 Å². The summed E-state index contributed by atoms with van der Waals surface area (Å²) in [4.78, 5) is 21.1. The number of methoxy groups -OCH3 is 1. The molecule has 1 atom stereocenters. The molecule has 2 aromatic heterocycles. The average molecular weight is 344 g/mol. The van der Waals surface area contributed by atoms with Gasteiger partial charge in [0, 0.05) is 30.3 Å². The summed E-state index contributed by atoms with van der Waals surface area (Å²) in [5.41, 5.74) is 3.15. The van der Waals surface area contributed by atoms with Crippen molar-refractivity contribution in [3.8, 4) is 5.88 Å². The van der Waals surface area contributed by atoms with E-state index in [1.807, 2.05) is 6.92 Å². The molecule has 0 bridgehead atoms. The number of aliphatic hydroxyl groups excluding tert-OH is 1. The molecule has 0 fully saturated rings. The molecule has 1 aliphatic rings. The molecule has 3 rings (SSSR count). The molecule has 1 amide bonds. The van der Waals surface area contributed by atoms with Crippen LogP contribution in [0.5, 0.6) is 5.88 Å². The van der Waals surface area contributed by atoms with E-state index in [9.17, 15) is 4.79 Å². The van der Waals surface area contributed by atoms with Gasteiger partial charge in [-0.15, -0.1) is 0 Å². The molecule has 0 radical (unpaired) electrons. The van der Waals surface area contributed by atoms with Crippen LogP contribution in [0.1, 0.15) is 24.1 Å². The molecule has 1 unspecified atom stereocenters. The fourth-order valence-electron chi connectivity index (χ4n) is 2.87. The lowest BCUT2D eigenvalue weighted by atomic mass is 9.98. The van der Waals surface area contributed by atoms with Crippen molar-refractivity contribution in [2.24, 2.45) is 0 Å². The first-order valence-electron chi connectivity index (χ1n) is 6.80. The smallest absolute Gasteiger partial charge is 0.248 e. The third-order valence-corrected chi connectivity index (χ3v) is 4.76. The maximum absolute atomic E-state index is 11.8. The Morgan fingerprint density at radius 3 is 2.86 bits per heavy atom. The molecule has 2 aromatic rings. The molecule has 0 saturated heterocycles. The molecule has 8 heteroatoms. The van der Waals surface area contributed by atoms with E-state index in [0.29, 0.717) is 29.1 Å². The summed E-state index contributed by atoms with van der Waals surface area (Å²) in [5, 5.41) is 9.68. The Morgan fingerprint density at radius 2 is 2.23 bits per heavy atom. The highest BCUT2D eigenvalue weighted by Gasteiger charge is 2.30. The van der Waals surface area contributed by atoms with Crippen molar-refractivity contribution in [1.29, 1.82) is 0 Å². The lowest BCUT2D eigenvalue weighted by Crippen LogP contribution is -2.38. The summed E-state index contributed by atoms with van der Waals surface area (Å²) in [5.74, 6) is 0.0207. The van der Waals surface area contributed by atoms with Gasteiger partial charge in [0.25, 0.3) is 0 Å². The predicted octanol–water partition coefficient (Wildman–Crippen LogP) is 2.32. The third-order valence-electron chi connectivity index (χ3n) is 3.94. The van der Waals surface area contributed by atoms with Gasteiger partial charge in [0.2, 0.25) is 11.8 Å². The van der Waals surface area contributed by atoms with E-state index in [0.717, 1.165) is 11.3 Å². The van der Waals surface area contributed by atoms with Crippen LogP contribution in [-0.2, 0) is 11.3 Å². The Labute approximate surface area is 137 Å². The van der Waals surface area contributed by atoms with Gasteiger partial charge in [-0.1, -0.05) is 30.1 Å². The SMILES string of the molecule is COc1nc2c3c([nH]c2c(Cl)c1Cl)C(C)CN(C(=O)CO)C3. The molecule has 0 aromatic carbocycles. The molecule has 0 spiro atoms. The van der Waals surface area contributed by atoms with E-state index in [1.54, 1.807) is 4.90 Å². The van der Waals surface area contributed by atoms with Gasteiger partial charge in [-0.25, -0.2) is 4.98 Å². The minimum absolute atomic E-state index is 0.0780. The van der Waals surface area contributed by atoms with Gasteiger partial charge in [0.15, 0.2) is 0 Å². The monoisotopic (exact) mass is 343 g/mol. The first kappa shape index (κ1) is 15.4. The van der Waals surface area contributed by atoms with E-state index >= 15 is 0 Å². The van der Waals surface area contributed by atoms with Crippen LogP contribution in [0.2, 0.25) is 10.0 Å². The number of hydrogen-bond acceptors (Lipinski definition) is 4. The number of nitrogens with zero attached hydrogens (tertiary/aromatic N) is 2. The zero-order valence-corrected chi connectivity index (χ0v) is 13.6. The summed E-state index contributed by atoms with van der Waals surface area (Å²) in [6, 6.07) is 0. The summed E-state index contributed by atoms with van der Waals surface area (Å²) in [6.45, 7) is 2.39. The number of rotatable bonds is 2. The van der Waals surface area contributed by atoms with Crippen LogP contribution in [0.25, 0.3) is 11.0 Å². The molecule has 118 valence electrons. The lowest BCUT2D eigenvalue weighted by Gasteiger charge is -2.30. The van der Waals surface area contributed by atoms with Gasteiger partial charge in [0.1, 0.15) is 11.6 Å². The van der Waals surface area contributed by atoms with Crippen LogP contribution in [0.4, 0.5) is 0 Å². The summed E-state index contributed by atoms with van der Waals surface area (Å²) in [6.07, 6.45) is 0. The second-order valence-electron chi connectivity index (χ2n) is 5.32. The van der Waals surface area contributed by atoms with Crippen molar-refractivity contribution in [3.05, 3.63) is 21.3 Å². The predicted molar refractivity (Wildman–Crippen MR) is 83.6 cm³/mol. The Morgan fingerprint density at radius 1 is 1.50 bits per heavy atom. The standard InChI is InChI=1S/C14H15Cl2N3O3/c1-6-3-19(8(21)5-20)4-7-11(6)17-13-9(15)10(16)14(22-2)18-12(7)13/h6,17,20H,3-5H2,1-2H3. The molecule has 6 nitrogen and oxygen atoms in total. The average Bonchev–Trinajstić information content (AvgIpc) is 2.89. The van der Waals surface area contributed by atoms with Gasteiger partial charge in [-0.05, 0) is 0 Å². The molecule has 0 saturated carbocycles. The minimum atomic E-state index is -0.506. The number of carbonyl (C=O) groups is 1. The highest BCUT2D eigenvalue weighted by Crippen LogP contribution is 2.40. The van der Waals surface area contributed by atoms with Crippen LogP contribution in [0, 0.1) is 0 Å². The minimum Gasteiger partial charge on any atom is -0.480 e. The maximum Gasteiger partial charge on any atom is 0.248 e. The van der Waals surface area contributed by atoms with Crippen LogP contribution in [-0.4, -0.2) is 46.1 Å². The molecular formula is C14H15Cl2N3O3. The Bertz CT molecular complexity index is 760. The number of pyridine rings is 1. The largest absolute Gasteiger partial charge is 0.480 e. The number of carbonyl (C=O) groups excluding carboxylic acids is 1. The highest BCUT2D eigenvalue weighted by molar-refractivity contribution is 6.45. The fraction of sp³-hybridized carbons (Fsp3) is 0.429. The van der Waals surface area contributed by atoms with Crippen LogP contribution >= 0.6 is 23.2 Å². The molecule has 3 heterocycles. The van der Waals surface area contributed by atoms with E-state index in [4.69, 9.17) is 33.0 Å². The molecular weight excluding hydrogens is 329 g/mol. The zero-order chi connectivity index (χ0) is 16.0. The number of amides is 1. The molecule has 22 heavy (non-hydrogen) atoms. The molecule has 2 N–H and O–H groups in total. The number of ether oxygens (including phenoxy) is 1. The highest BCUT2D eigenvalue weighted by atomic mass is 35.5. The van der Waals surface area contributed by atoms with E-state index in [1.165, 1.54) is 7.11 Å². The summed E-state index contributed by atoms with van der Waals surface area (Å²) in [7, 11) is 1.47. The zero-order valence-electron chi connectivity index (χ0n) is 12.1. The van der Waals surface area contributed by atoms with Gasteiger partial charge in [-0.3, -0.25) is 4.79 Å². The Balaban J connectivity index is 2.19. The third kappa shape index (κ3) is 2.22. The quantitative estimate of drug-likeness (QED) is 0.876. The number of H-pyrrole nitrogens is 1. The summed E-state index contributed by atoms with van der Waals surface area (Å²) >= 11 is 12.4. The Hall–Kier alpha value is -1.50. The van der Waals surface area contributed by atoms with Gasteiger partial charge in [0.05, 0.1) is 23.2 Å². The van der Waals surface area contributed by atoms with Crippen LogP contribution < -0.4 is 4.74 Å². The number of nitrogens with one attached hydrogen (secondary N) is 1. The summed E-state index contributed by atoms with van der Waals surface area (Å²) < 4.78 is 5.15. The van der Waals surface area contributed by atoms with Crippen molar-refractivity contribution in [2.75, 3.05) is 20.3 Å².